The van der Waals surface area contributed by atoms with E-state index in [1.807, 2.05) is 6.07 Å². The topological polar surface area (TPSA) is 71.1 Å². The monoisotopic (exact) mass is 433 g/mol. The molecule has 2 amide bonds. The highest BCUT2D eigenvalue weighted by Gasteiger charge is 2.30. The van der Waals surface area contributed by atoms with Gasteiger partial charge in [-0.25, -0.2) is 4.98 Å². The number of hydrogen-bond acceptors (Lipinski definition) is 4. The van der Waals surface area contributed by atoms with Gasteiger partial charge in [0, 0.05) is 10.9 Å². The van der Waals surface area contributed by atoms with Gasteiger partial charge in [0.15, 0.2) is 5.13 Å². The summed E-state index contributed by atoms with van der Waals surface area (Å²) >= 11 is 1.20. The number of nitrogens with one attached hydrogen (secondary N) is 2. The number of anilines is 1. The maximum Gasteiger partial charge on any atom is 0.416 e. The van der Waals surface area contributed by atoms with Gasteiger partial charge in [-0.15, -0.1) is 11.3 Å². The van der Waals surface area contributed by atoms with E-state index in [-0.39, 0.29) is 18.2 Å². The van der Waals surface area contributed by atoms with Crippen LogP contribution in [0.2, 0.25) is 0 Å². The highest BCUT2D eigenvalue weighted by Crippen LogP contribution is 2.29. The van der Waals surface area contributed by atoms with Crippen LogP contribution >= 0.6 is 11.3 Å². The summed E-state index contributed by atoms with van der Waals surface area (Å²) in [5.74, 6) is -0.620. The molecule has 3 aromatic rings. The Kier molecular flexibility index (Phi) is 6.51. The largest absolute Gasteiger partial charge is 0.416 e. The molecule has 0 fully saturated rings. The Hall–Kier alpha value is -3.20. The molecule has 0 saturated carbocycles. The predicted molar refractivity (Wildman–Crippen MR) is 108 cm³/mol. The number of alkyl halides is 3. The molecule has 30 heavy (non-hydrogen) atoms. The van der Waals surface area contributed by atoms with Crippen molar-refractivity contribution >= 4 is 28.3 Å². The van der Waals surface area contributed by atoms with Crippen LogP contribution in [-0.2, 0) is 17.4 Å². The van der Waals surface area contributed by atoms with E-state index in [4.69, 9.17) is 0 Å². The first kappa shape index (κ1) is 21.5. The maximum atomic E-state index is 12.6. The number of rotatable bonds is 6. The lowest BCUT2D eigenvalue weighted by atomic mass is 10.1. The third-order valence-electron chi connectivity index (χ3n) is 4.27. The fourth-order valence-electron chi connectivity index (χ4n) is 2.71. The summed E-state index contributed by atoms with van der Waals surface area (Å²) in [6, 6.07) is 12.9. The Bertz CT molecular complexity index is 1020. The predicted octanol–water partition coefficient (Wildman–Crippen LogP) is 4.83. The van der Waals surface area contributed by atoms with Gasteiger partial charge in [0.05, 0.1) is 23.7 Å². The quantitative estimate of drug-likeness (QED) is 0.585. The summed E-state index contributed by atoms with van der Waals surface area (Å²) in [6.45, 7) is 1.69. The molecule has 1 atom stereocenters. The molecule has 1 aromatic heterocycles. The van der Waals surface area contributed by atoms with Gasteiger partial charge >= 0.3 is 6.18 Å². The second kappa shape index (κ2) is 9.08. The molecule has 2 aromatic carbocycles. The number of halogens is 3. The first-order valence-corrected chi connectivity index (χ1v) is 9.87. The standard InChI is InChI=1S/C21H18F3N3O2S/c1-13(14-7-9-16(10-8-14)21(22,23)24)25-18(28)11-17-12-30-20(26-17)27-19(29)15-5-3-2-4-6-15/h2-10,12-13H,11H2,1H3,(H,25,28)(H,26,27,29). The van der Waals surface area contributed by atoms with Crippen molar-refractivity contribution < 1.29 is 22.8 Å². The van der Waals surface area contributed by atoms with Crippen molar-refractivity contribution in [1.29, 1.82) is 0 Å². The summed E-state index contributed by atoms with van der Waals surface area (Å²) < 4.78 is 37.9. The van der Waals surface area contributed by atoms with Gasteiger partial charge in [-0.2, -0.15) is 13.2 Å². The first-order valence-electron chi connectivity index (χ1n) is 8.99. The zero-order valence-electron chi connectivity index (χ0n) is 15.9. The van der Waals surface area contributed by atoms with Gasteiger partial charge in [-0.3, -0.25) is 14.9 Å². The van der Waals surface area contributed by atoms with Crippen molar-refractivity contribution in [3.63, 3.8) is 0 Å². The maximum absolute atomic E-state index is 12.6. The average molecular weight is 433 g/mol. The lowest BCUT2D eigenvalue weighted by Crippen LogP contribution is -2.28. The molecule has 0 bridgehead atoms. The SMILES string of the molecule is CC(NC(=O)Cc1csc(NC(=O)c2ccccc2)n1)c1ccc(C(F)(F)F)cc1. The molecule has 0 radical (unpaired) electrons. The Morgan fingerprint density at radius 1 is 1.07 bits per heavy atom. The molecular formula is C21H18F3N3O2S. The van der Waals surface area contributed by atoms with E-state index in [9.17, 15) is 22.8 Å². The zero-order valence-corrected chi connectivity index (χ0v) is 16.7. The van der Waals surface area contributed by atoms with Crippen LogP contribution < -0.4 is 10.6 Å². The van der Waals surface area contributed by atoms with Gasteiger partial charge in [-0.1, -0.05) is 30.3 Å². The van der Waals surface area contributed by atoms with Gasteiger partial charge < -0.3 is 5.32 Å². The van der Waals surface area contributed by atoms with E-state index >= 15 is 0 Å². The van der Waals surface area contributed by atoms with Crippen molar-refractivity contribution in [1.82, 2.24) is 10.3 Å². The fourth-order valence-corrected chi connectivity index (χ4v) is 3.41. The number of aromatic nitrogens is 1. The molecule has 0 aliphatic heterocycles. The van der Waals surface area contributed by atoms with Crippen LogP contribution in [0.5, 0.6) is 0 Å². The van der Waals surface area contributed by atoms with Crippen molar-refractivity contribution in [2.24, 2.45) is 0 Å². The Morgan fingerprint density at radius 2 is 1.73 bits per heavy atom. The summed E-state index contributed by atoms with van der Waals surface area (Å²) in [6.07, 6.45) is -4.41. The highest BCUT2D eigenvalue weighted by atomic mass is 32.1. The number of benzene rings is 2. The molecule has 5 nitrogen and oxygen atoms in total. The first-order chi connectivity index (χ1) is 14.2. The Morgan fingerprint density at radius 3 is 2.37 bits per heavy atom. The Labute approximate surface area is 175 Å². The van der Waals surface area contributed by atoms with Crippen LogP contribution in [0.25, 0.3) is 0 Å². The van der Waals surface area contributed by atoms with Gasteiger partial charge in [0.1, 0.15) is 0 Å². The minimum absolute atomic E-state index is 0.0112. The van der Waals surface area contributed by atoms with Crippen LogP contribution in [-0.4, -0.2) is 16.8 Å². The fraction of sp³-hybridized carbons (Fsp3) is 0.190. The second-order valence-corrected chi connectivity index (χ2v) is 7.41. The normalized spacial score (nSPS) is 12.3. The van der Waals surface area contributed by atoms with Crippen LogP contribution in [0, 0.1) is 0 Å². The number of carbonyl (C=O) groups is 2. The molecule has 2 N–H and O–H groups in total. The molecule has 0 spiro atoms. The van der Waals surface area contributed by atoms with Crippen LogP contribution in [0.3, 0.4) is 0 Å². The van der Waals surface area contributed by atoms with Crippen molar-refractivity contribution in [3.05, 3.63) is 82.4 Å². The molecule has 3 rings (SSSR count). The molecule has 1 heterocycles. The molecule has 0 aliphatic rings. The van der Waals surface area contributed by atoms with E-state index in [1.54, 1.807) is 36.6 Å². The minimum Gasteiger partial charge on any atom is -0.349 e. The van der Waals surface area contributed by atoms with Gasteiger partial charge in [-0.05, 0) is 36.8 Å². The highest BCUT2D eigenvalue weighted by molar-refractivity contribution is 7.14. The third kappa shape index (κ3) is 5.66. The minimum atomic E-state index is -4.40. The molecule has 1 unspecified atom stereocenters. The number of carbonyl (C=O) groups excluding carboxylic acids is 2. The van der Waals surface area contributed by atoms with E-state index in [1.165, 1.54) is 23.5 Å². The summed E-state index contributed by atoms with van der Waals surface area (Å²) in [7, 11) is 0. The van der Waals surface area contributed by atoms with Crippen molar-refractivity contribution in [2.45, 2.75) is 25.6 Å². The van der Waals surface area contributed by atoms with Crippen LogP contribution in [0.15, 0.2) is 60.0 Å². The molecular weight excluding hydrogens is 415 g/mol. The molecule has 9 heteroatoms. The van der Waals surface area contributed by atoms with E-state index < -0.39 is 17.8 Å². The van der Waals surface area contributed by atoms with E-state index in [0.29, 0.717) is 22.0 Å². The van der Waals surface area contributed by atoms with Crippen LogP contribution in [0.4, 0.5) is 18.3 Å². The smallest absolute Gasteiger partial charge is 0.349 e. The number of amides is 2. The van der Waals surface area contributed by atoms with Crippen molar-refractivity contribution in [3.8, 4) is 0 Å². The van der Waals surface area contributed by atoms with E-state index in [2.05, 4.69) is 15.6 Å². The zero-order chi connectivity index (χ0) is 21.7. The van der Waals surface area contributed by atoms with Crippen molar-refractivity contribution in [2.75, 3.05) is 5.32 Å². The van der Waals surface area contributed by atoms with Gasteiger partial charge in [0.2, 0.25) is 5.91 Å². The number of hydrogen-bond donors (Lipinski definition) is 2. The summed E-state index contributed by atoms with van der Waals surface area (Å²) in [5, 5.41) is 7.46. The summed E-state index contributed by atoms with van der Waals surface area (Å²) in [4.78, 5) is 28.6. The number of thiazole rings is 1. The average Bonchev–Trinajstić information content (AvgIpc) is 3.14. The lowest BCUT2D eigenvalue weighted by molar-refractivity contribution is -0.137. The second-order valence-electron chi connectivity index (χ2n) is 6.55. The van der Waals surface area contributed by atoms with E-state index in [0.717, 1.165) is 12.1 Å². The molecule has 0 saturated heterocycles. The lowest BCUT2D eigenvalue weighted by Gasteiger charge is -2.15. The molecule has 156 valence electrons. The van der Waals surface area contributed by atoms with Crippen LogP contribution in [0.1, 0.15) is 40.1 Å². The third-order valence-corrected chi connectivity index (χ3v) is 5.07. The summed E-state index contributed by atoms with van der Waals surface area (Å²) in [5.41, 5.74) is 0.806. The number of nitrogens with zero attached hydrogens (tertiary/aromatic N) is 1. The Balaban J connectivity index is 1.54. The van der Waals surface area contributed by atoms with Gasteiger partial charge in [0.25, 0.3) is 5.91 Å². The molecule has 0 aliphatic carbocycles.